The summed E-state index contributed by atoms with van der Waals surface area (Å²) in [5, 5.41) is 8.53. The first kappa shape index (κ1) is 16.3. The molecule has 0 amide bonds. The van der Waals surface area contributed by atoms with E-state index < -0.39 is 0 Å². The van der Waals surface area contributed by atoms with E-state index in [1.165, 1.54) is 12.8 Å². The number of imidazole rings is 1. The molecule has 2 aromatic carbocycles. The maximum atomic E-state index is 8.53. The van der Waals surface area contributed by atoms with Crippen LogP contribution in [0.3, 0.4) is 0 Å². The third-order valence-electron chi connectivity index (χ3n) is 5.09. The maximum absolute atomic E-state index is 8.53. The van der Waals surface area contributed by atoms with Crippen molar-refractivity contribution < 1.29 is 10.1 Å². The molecule has 1 saturated heterocycles. The highest BCUT2D eigenvalue weighted by Gasteiger charge is 2.21. The number of aromatic amines is 1. The molecule has 25 heavy (non-hydrogen) atoms. The smallest absolute Gasteiger partial charge is 0.121 e. The lowest BCUT2D eigenvalue weighted by atomic mass is 10.0. The van der Waals surface area contributed by atoms with Crippen molar-refractivity contribution in [2.45, 2.75) is 39.0 Å². The molecule has 0 unspecified atom stereocenters. The molecule has 1 aliphatic rings. The van der Waals surface area contributed by atoms with Gasteiger partial charge in [0.1, 0.15) is 12.4 Å². The standard InChI is InChI=1S/C20H23N3O2/c1-14-3-2-10-23(14)12-20-21-18-9-8-17(11-19(18)22-20)16-6-4-15(5-7-16)13-25-24/h4-9,11,14,24H,2-3,10,12-13H2,1H3,(H,21,22)/t14-/m0/s1. The average molecular weight is 337 g/mol. The fraction of sp³-hybridized carbons (Fsp3) is 0.350. The summed E-state index contributed by atoms with van der Waals surface area (Å²) < 4.78 is 0. The second-order valence-corrected chi connectivity index (χ2v) is 6.85. The summed E-state index contributed by atoms with van der Waals surface area (Å²) in [7, 11) is 0. The van der Waals surface area contributed by atoms with Crippen molar-refractivity contribution in [3.8, 4) is 11.1 Å². The van der Waals surface area contributed by atoms with Crippen LogP contribution in [0, 0.1) is 0 Å². The van der Waals surface area contributed by atoms with Gasteiger partial charge in [-0.3, -0.25) is 10.2 Å². The molecule has 1 aromatic heterocycles. The molecule has 130 valence electrons. The molecular formula is C20H23N3O2. The molecule has 5 heteroatoms. The summed E-state index contributed by atoms with van der Waals surface area (Å²) >= 11 is 0. The van der Waals surface area contributed by atoms with Gasteiger partial charge >= 0.3 is 0 Å². The van der Waals surface area contributed by atoms with Gasteiger partial charge in [0.15, 0.2) is 0 Å². The van der Waals surface area contributed by atoms with Crippen LogP contribution < -0.4 is 0 Å². The Morgan fingerprint density at radius 2 is 2.00 bits per heavy atom. The Hall–Kier alpha value is -2.21. The molecule has 0 spiro atoms. The largest absolute Gasteiger partial charge is 0.341 e. The van der Waals surface area contributed by atoms with Crippen molar-refractivity contribution in [2.75, 3.05) is 6.54 Å². The topological polar surface area (TPSA) is 61.4 Å². The zero-order valence-electron chi connectivity index (χ0n) is 14.4. The summed E-state index contributed by atoms with van der Waals surface area (Å²) in [5.74, 6) is 1.04. The molecule has 3 aromatic rings. The second-order valence-electron chi connectivity index (χ2n) is 6.85. The number of benzene rings is 2. The van der Waals surface area contributed by atoms with Gasteiger partial charge in [0.25, 0.3) is 0 Å². The fourth-order valence-corrected chi connectivity index (χ4v) is 3.60. The first-order chi connectivity index (χ1) is 12.2. The molecule has 2 heterocycles. The molecule has 0 radical (unpaired) electrons. The van der Waals surface area contributed by atoms with E-state index in [-0.39, 0.29) is 6.61 Å². The van der Waals surface area contributed by atoms with Crippen molar-refractivity contribution in [3.63, 3.8) is 0 Å². The molecule has 4 rings (SSSR count). The van der Waals surface area contributed by atoms with E-state index in [4.69, 9.17) is 10.2 Å². The third kappa shape index (κ3) is 3.44. The van der Waals surface area contributed by atoms with Crippen LogP contribution in [0.4, 0.5) is 0 Å². The summed E-state index contributed by atoms with van der Waals surface area (Å²) in [4.78, 5) is 14.9. The summed E-state index contributed by atoms with van der Waals surface area (Å²) in [6, 6.07) is 15.0. The van der Waals surface area contributed by atoms with Gasteiger partial charge in [0.05, 0.1) is 17.6 Å². The van der Waals surface area contributed by atoms with Crippen molar-refractivity contribution in [1.29, 1.82) is 0 Å². The Kier molecular flexibility index (Phi) is 4.53. The van der Waals surface area contributed by atoms with Crippen LogP contribution >= 0.6 is 0 Å². The minimum Gasteiger partial charge on any atom is -0.341 e. The van der Waals surface area contributed by atoms with E-state index in [1.54, 1.807) is 0 Å². The molecule has 1 atom stereocenters. The number of H-pyrrole nitrogens is 1. The minimum atomic E-state index is 0.205. The quantitative estimate of drug-likeness (QED) is 0.541. The first-order valence-corrected chi connectivity index (χ1v) is 8.81. The summed E-state index contributed by atoms with van der Waals surface area (Å²) in [5.41, 5.74) is 5.28. The van der Waals surface area contributed by atoms with Crippen molar-refractivity contribution in [2.24, 2.45) is 0 Å². The highest BCUT2D eigenvalue weighted by Crippen LogP contribution is 2.25. The van der Waals surface area contributed by atoms with Crippen LogP contribution in [0.5, 0.6) is 0 Å². The zero-order valence-corrected chi connectivity index (χ0v) is 14.4. The van der Waals surface area contributed by atoms with E-state index in [0.717, 1.165) is 46.6 Å². The fourth-order valence-electron chi connectivity index (χ4n) is 3.60. The highest BCUT2D eigenvalue weighted by atomic mass is 17.1. The number of likely N-dealkylation sites (tertiary alicyclic amines) is 1. The number of hydrogen-bond acceptors (Lipinski definition) is 4. The van der Waals surface area contributed by atoms with Gasteiger partial charge in [-0.1, -0.05) is 30.3 Å². The van der Waals surface area contributed by atoms with E-state index >= 15 is 0 Å². The third-order valence-corrected chi connectivity index (χ3v) is 5.09. The van der Waals surface area contributed by atoms with Gasteiger partial charge in [-0.05, 0) is 55.1 Å². The predicted molar refractivity (Wildman–Crippen MR) is 98.1 cm³/mol. The number of aromatic nitrogens is 2. The van der Waals surface area contributed by atoms with E-state index in [9.17, 15) is 0 Å². The van der Waals surface area contributed by atoms with Crippen LogP contribution in [0.15, 0.2) is 42.5 Å². The lowest BCUT2D eigenvalue weighted by molar-refractivity contribution is -0.253. The minimum absolute atomic E-state index is 0.205. The molecule has 0 saturated carbocycles. The lowest BCUT2D eigenvalue weighted by Gasteiger charge is -2.19. The van der Waals surface area contributed by atoms with Gasteiger partial charge < -0.3 is 4.98 Å². The van der Waals surface area contributed by atoms with Crippen molar-refractivity contribution in [3.05, 3.63) is 53.9 Å². The van der Waals surface area contributed by atoms with Crippen LogP contribution in [0.2, 0.25) is 0 Å². The first-order valence-electron chi connectivity index (χ1n) is 8.81. The van der Waals surface area contributed by atoms with Gasteiger partial charge in [-0.2, -0.15) is 0 Å². The monoisotopic (exact) mass is 337 g/mol. The zero-order chi connectivity index (χ0) is 17.2. The highest BCUT2D eigenvalue weighted by molar-refractivity contribution is 5.82. The van der Waals surface area contributed by atoms with Gasteiger partial charge in [-0.25, -0.2) is 9.87 Å². The normalized spacial score (nSPS) is 18.2. The van der Waals surface area contributed by atoms with Crippen LogP contribution in [-0.4, -0.2) is 32.7 Å². The molecule has 1 fully saturated rings. The summed E-state index contributed by atoms with van der Waals surface area (Å²) in [6.07, 6.45) is 2.56. The maximum Gasteiger partial charge on any atom is 0.121 e. The van der Waals surface area contributed by atoms with Gasteiger partial charge in [0.2, 0.25) is 0 Å². The van der Waals surface area contributed by atoms with Gasteiger partial charge in [0, 0.05) is 6.04 Å². The van der Waals surface area contributed by atoms with E-state index in [0.29, 0.717) is 6.04 Å². The number of rotatable bonds is 5. The van der Waals surface area contributed by atoms with Gasteiger partial charge in [-0.15, -0.1) is 0 Å². The van der Waals surface area contributed by atoms with Crippen LogP contribution in [0.25, 0.3) is 22.2 Å². The van der Waals surface area contributed by atoms with E-state index in [1.807, 2.05) is 24.3 Å². The lowest BCUT2D eigenvalue weighted by Crippen LogP contribution is -2.26. The van der Waals surface area contributed by atoms with Crippen LogP contribution in [-0.2, 0) is 18.0 Å². The molecule has 1 aliphatic heterocycles. The Morgan fingerprint density at radius 1 is 1.20 bits per heavy atom. The number of nitrogens with zero attached hydrogens (tertiary/aromatic N) is 2. The van der Waals surface area contributed by atoms with Crippen molar-refractivity contribution >= 4 is 11.0 Å². The van der Waals surface area contributed by atoms with E-state index in [2.05, 4.69) is 39.9 Å². The number of hydrogen-bond donors (Lipinski definition) is 2. The number of fused-ring (bicyclic) bond motifs is 1. The SMILES string of the molecule is C[C@H]1CCCN1Cc1nc2cc(-c3ccc(COO)cc3)ccc2[nH]1. The molecular weight excluding hydrogens is 314 g/mol. The molecule has 0 bridgehead atoms. The Bertz CT molecular complexity index is 857. The average Bonchev–Trinajstić information content (AvgIpc) is 3.21. The molecule has 0 aliphatic carbocycles. The summed E-state index contributed by atoms with van der Waals surface area (Å²) in [6.45, 7) is 4.55. The Labute approximate surface area is 147 Å². The van der Waals surface area contributed by atoms with Crippen molar-refractivity contribution in [1.82, 2.24) is 14.9 Å². The molecule has 5 nitrogen and oxygen atoms in total. The Balaban J connectivity index is 1.57. The predicted octanol–water partition coefficient (Wildman–Crippen LogP) is 4.20. The molecule has 2 N–H and O–H groups in total. The van der Waals surface area contributed by atoms with Crippen LogP contribution in [0.1, 0.15) is 31.2 Å². The number of nitrogens with one attached hydrogen (secondary N) is 1. The Morgan fingerprint density at radius 3 is 2.72 bits per heavy atom. The second kappa shape index (κ2) is 6.96.